The van der Waals surface area contributed by atoms with Crippen LogP contribution in [0.25, 0.3) is 11.3 Å². The van der Waals surface area contributed by atoms with E-state index in [1.165, 1.54) is 17.7 Å². The van der Waals surface area contributed by atoms with Crippen LogP contribution in [-0.4, -0.2) is 37.3 Å². The Kier molecular flexibility index (Phi) is 3.78. The molecular weight excluding hydrogens is 322 g/mol. The van der Waals surface area contributed by atoms with Crippen LogP contribution >= 0.6 is 11.3 Å². The molecule has 0 spiro atoms. The number of aromatic nitrogens is 4. The molecule has 7 heteroatoms. The number of fused-ring (bicyclic) bond motifs is 1. The van der Waals surface area contributed by atoms with Gasteiger partial charge in [-0.2, -0.15) is 0 Å². The third-order valence-electron chi connectivity index (χ3n) is 4.06. The Bertz CT molecular complexity index is 893. The molecule has 0 fully saturated rings. The van der Waals surface area contributed by atoms with Crippen LogP contribution in [0.5, 0.6) is 0 Å². The van der Waals surface area contributed by atoms with Crippen LogP contribution in [-0.2, 0) is 13.0 Å². The number of thiophene rings is 1. The van der Waals surface area contributed by atoms with E-state index in [1.54, 1.807) is 18.7 Å². The standard InChI is InChI=1S/C17H15N5OS/c1-11-4-15(24-8-11)17(23)22-3-2-14-13(7-22)16(21-10-20-14)12-5-18-9-19-6-12/h4-6,8-10H,2-3,7H2,1H3. The summed E-state index contributed by atoms with van der Waals surface area (Å²) in [6, 6.07) is 1.94. The van der Waals surface area contributed by atoms with Crippen molar-refractivity contribution in [2.24, 2.45) is 0 Å². The van der Waals surface area contributed by atoms with Crippen LogP contribution in [0.3, 0.4) is 0 Å². The highest BCUT2D eigenvalue weighted by atomic mass is 32.1. The third-order valence-corrected chi connectivity index (χ3v) is 5.10. The topological polar surface area (TPSA) is 71.9 Å². The lowest BCUT2D eigenvalue weighted by atomic mass is 10.0. The first-order chi connectivity index (χ1) is 11.7. The first-order valence-corrected chi connectivity index (χ1v) is 8.53. The van der Waals surface area contributed by atoms with E-state index < -0.39 is 0 Å². The van der Waals surface area contributed by atoms with Gasteiger partial charge >= 0.3 is 0 Å². The second-order valence-corrected chi connectivity index (χ2v) is 6.65. The van der Waals surface area contributed by atoms with E-state index in [1.807, 2.05) is 23.3 Å². The molecule has 6 nitrogen and oxygen atoms in total. The predicted octanol–water partition coefficient (Wildman–Crippen LogP) is 2.50. The smallest absolute Gasteiger partial charge is 0.264 e. The highest BCUT2D eigenvalue weighted by Crippen LogP contribution is 2.28. The van der Waals surface area contributed by atoms with Gasteiger partial charge in [-0.1, -0.05) is 0 Å². The molecule has 0 bridgehead atoms. The quantitative estimate of drug-likeness (QED) is 0.718. The molecule has 0 unspecified atom stereocenters. The summed E-state index contributed by atoms with van der Waals surface area (Å²) in [5, 5.41) is 2.00. The molecule has 3 aromatic heterocycles. The Hall–Kier alpha value is -2.67. The molecule has 0 aromatic carbocycles. The molecule has 120 valence electrons. The van der Waals surface area contributed by atoms with Crippen molar-refractivity contribution in [3.8, 4) is 11.3 Å². The summed E-state index contributed by atoms with van der Waals surface area (Å²) in [6.07, 6.45) is 7.26. The molecular formula is C17H15N5OS. The number of hydrogen-bond acceptors (Lipinski definition) is 6. The second-order valence-electron chi connectivity index (χ2n) is 5.74. The minimum atomic E-state index is 0.0675. The van der Waals surface area contributed by atoms with Crippen molar-refractivity contribution < 1.29 is 4.79 Å². The zero-order valence-corrected chi connectivity index (χ0v) is 14.0. The molecule has 1 aliphatic heterocycles. The molecule has 0 saturated heterocycles. The van der Waals surface area contributed by atoms with Crippen LogP contribution in [0, 0.1) is 6.92 Å². The lowest BCUT2D eigenvalue weighted by molar-refractivity contribution is 0.0738. The SMILES string of the molecule is Cc1csc(C(=O)N2CCc3ncnc(-c4cncnc4)c3C2)c1. The van der Waals surface area contributed by atoms with Gasteiger partial charge in [0.1, 0.15) is 12.7 Å². The molecule has 0 radical (unpaired) electrons. The number of carbonyl (C=O) groups is 1. The van der Waals surface area contributed by atoms with Gasteiger partial charge < -0.3 is 4.90 Å². The van der Waals surface area contributed by atoms with Crippen LogP contribution < -0.4 is 0 Å². The highest BCUT2D eigenvalue weighted by Gasteiger charge is 2.26. The van der Waals surface area contributed by atoms with Crippen molar-refractivity contribution in [3.05, 3.63) is 58.2 Å². The molecule has 4 rings (SSSR count). The van der Waals surface area contributed by atoms with Gasteiger partial charge in [0, 0.05) is 43.0 Å². The van der Waals surface area contributed by atoms with Crippen molar-refractivity contribution in [1.82, 2.24) is 24.8 Å². The minimum absolute atomic E-state index is 0.0675. The fourth-order valence-corrected chi connectivity index (χ4v) is 3.75. The summed E-state index contributed by atoms with van der Waals surface area (Å²) in [7, 11) is 0. The lowest BCUT2D eigenvalue weighted by Crippen LogP contribution is -2.36. The van der Waals surface area contributed by atoms with Crippen LogP contribution in [0.4, 0.5) is 0 Å². The van der Waals surface area contributed by atoms with Gasteiger partial charge in [0.05, 0.1) is 16.3 Å². The van der Waals surface area contributed by atoms with E-state index in [0.29, 0.717) is 13.1 Å². The molecule has 24 heavy (non-hydrogen) atoms. The van der Waals surface area contributed by atoms with Gasteiger partial charge in [-0.3, -0.25) is 4.79 Å². The number of amides is 1. The second kappa shape index (κ2) is 6.09. The molecule has 0 N–H and O–H groups in total. The summed E-state index contributed by atoms with van der Waals surface area (Å²) in [5.74, 6) is 0.0675. The van der Waals surface area contributed by atoms with Gasteiger partial charge in [-0.15, -0.1) is 11.3 Å². The van der Waals surface area contributed by atoms with Crippen molar-refractivity contribution in [2.45, 2.75) is 19.9 Å². The van der Waals surface area contributed by atoms with E-state index in [2.05, 4.69) is 19.9 Å². The predicted molar refractivity (Wildman–Crippen MR) is 90.6 cm³/mol. The maximum Gasteiger partial charge on any atom is 0.264 e. The Labute approximate surface area is 143 Å². The first-order valence-electron chi connectivity index (χ1n) is 7.65. The lowest BCUT2D eigenvalue weighted by Gasteiger charge is -2.28. The highest BCUT2D eigenvalue weighted by molar-refractivity contribution is 7.12. The molecule has 3 aromatic rings. The van der Waals surface area contributed by atoms with E-state index >= 15 is 0 Å². The van der Waals surface area contributed by atoms with E-state index in [4.69, 9.17) is 0 Å². The maximum atomic E-state index is 12.7. The summed E-state index contributed by atoms with van der Waals surface area (Å²) in [4.78, 5) is 32.3. The van der Waals surface area contributed by atoms with E-state index in [-0.39, 0.29) is 5.91 Å². The van der Waals surface area contributed by atoms with Crippen molar-refractivity contribution >= 4 is 17.2 Å². The molecule has 0 aliphatic carbocycles. The van der Waals surface area contributed by atoms with Crippen molar-refractivity contribution in [3.63, 3.8) is 0 Å². The van der Waals surface area contributed by atoms with Gasteiger partial charge in [0.15, 0.2) is 0 Å². The molecule has 4 heterocycles. The van der Waals surface area contributed by atoms with Crippen molar-refractivity contribution in [2.75, 3.05) is 6.54 Å². The number of carbonyl (C=O) groups excluding carboxylic acids is 1. The summed E-state index contributed by atoms with van der Waals surface area (Å²) in [6.45, 7) is 3.18. The first kappa shape index (κ1) is 14.9. The summed E-state index contributed by atoms with van der Waals surface area (Å²) < 4.78 is 0. The number of aryl methyl sites for hydroxylation is 1. The Morgan fingerprint density at radius 2 is 2.04 bits per heavy atom. The van der Waals surface area contributed by atoms with Crippen LogP contribution in [0.2, 0.25) is 0 Å². The largest absolute Gasteiger partial charge is 0.333 e. The third kappa shape index (κ3) is 2.67. The zero-order valence-electron chi connectivity index (χ0n) is 13.1. The molecule has 1 aliphatic rings. The maximum absolute atomic E-state index is 12.7. The van der Waals surface area contributed by atoms with E-state index in [9.17, 15) is 4.79 Å². The summed E-state index contributed by atoms with van der Waals surface area (Å²) >= 11 is 1.49. The Morgan fingerprint density at radius 1 is 1.21 bits per heavy atom. The minimum Gasteiger partial charge on any atom is -0.333 e. The number of nitrogens with zero attached hydrogens (tertiary/aromatic N) is 5. The molecule has 1 amide bonds. The van der Waals surface area contributed by atoms with Crippen LogP contribution in [0.15, 0.2) is 36.5 Å². The summed E-state index contributed by atoms with van der Waals surface area (Å²) in [5.41, 5.74) is 4.75. The molecule has 0 saturated carbocycles. The average Bonchev–Trinajstić information content (AvgIpc) is 3.07. The number of hydrogen-bond donors (Lipinski definition) is 0. The number of rotatable bonds is 2. The fourth-order valence-electron chi connectivity index (χ4n) is 2.88. The fraction of sp³-hybridized carbons (Fsp3) is 0.235. The Morgan fingerprint density at radius 3 is 2.79 bits per heavy atom. The monoisotopic (exact) mass is 337 g/mol. The average molecular weight is 337 g/mol. The van der Waals surface area contributed by atoms with Crippen LogP contribution in [0.1, 0.15) is 26.5 Å². The van der Waals surface area contributed by atoms with Gasteiger partial charge in [-0.05, 0) is 23.9 Å². The zero-order chi connectivity index (χ0) is 16.5. The molecule has 0 atom stereocenters. The normalized spacial score (nSPS) is 13.6. The Balaban J connectivity index is 1.68. The van der Waals surface area contributed by atoms with Gasteiger partial charge in [-0.25, -0.2) is 19.9 Å². The van der Waals surface area contributed by atoms with Gasteiger partial charge in [0.25, 0.3) is 5.91 Å². The van der Waals surface area contributed by atoms with E-state index in [0.717, 1.165) is 39.4 Å². The van der Waals surface area contributed by atoms with Gasteiger partial charge in [0.2, 0.25) is 0 Å². The van der Waals surface area contributed by atoms with Crippen molar-refractivity contribution in [1.29, 1.82) is 0 Å².